The van der Waals surface area contributed by atoms with Crippen LogP contribution in [-0.2, 0) is 11.3 Å². The van der Waals surface area contributed by atoms with Gasteiger partial charge < -0.3 is 15.2 Å². The van der Waals surface area contributed by atoms with Crippen molar-refractivity contribution in [3.05, 3.63) is 106 Å². The lowest BCUT2D eigenvalue weighted by atomic mass is 10.2. The summed E-state index contributed by atoms with van der Waals surface area (Å²) in [6.45, 7) is 2.11. The molecule has 0 atom stereocenters. The number of benzene rings is 3. The zero-order valence-electron chi connectivity index (χ0n) is 20.3. The molecule has 0 unspecified atom stereocenters. The largest absolute Gasteiger partial charge is 0.510 e. The van der Waals surface area contributed by atoms with Crippen LogP contribution >= 0.6 is 11.8 Å². The fourth-order valence-corrected chi connectivity index (χ4v) is 4.60. The molecule has 0 bridgehead atoms. The molecule has 186 valence electrons. The Kier molecular flexibility index (Phi) is 7.91. The Bertz CT molecular complexity index is 1590. The Morgan fingerprint density at radius 1 is 1.14 bits per heavy atom. The minimum absolute atomic E-state index is 0.152. The van der Waals surface area contributed by atoms with Crippen molar-refractivity contribution >= 4 is 28.6 Å². The smallest absolute Gasteiger partial charge is 0.266 e. The summed E-state index contributed by atoms with van der Waals surface area (Å²) in [5.41, 5.74) is 2.06. The lowest BCUT2D eigenvalue weighted by molar-refractivity contribution is -0.117. The van der Waals surface area contributed by atoms with Gasteiger partial charge >= 0.3 is 0 Å². The number of aryl methyl sites for hydroxylation is 1. The van der Waals surface area contributed by atoms with Gasteiger partial charge in [0.15, 0.2) is 10.7 Å². The van der Waals surface area contributed by atoms with Gasteiger partial charge in [-0.1, -0.05) is 60.3 Å². The zero-order valence-corrected chi connectivity index (χ0v) is 21.1. The first kappa shape index (κ1) is 25.5. The highest BCUT2D eigenvalue weighted by Gasteiger charge is 2.20. The predicted octanol–water partition coefficient (Wildman–Crippen LogP) is 4.45. The Balaban J connectivity index is 1.69. The highest BCUT2D eigenvalue weighted by Crippen LogP contribution is 2.29. The second-order valence-corrected chi connectivity index (χ2v) is 9.06. The maximum absolute atomic E-state index is 13.6. The third-order valence-corrected chi connectivity index (χ3v) is 6.53. The second-order valence-electron chi connectivity index (χ2n) is 8.12. The third-order valence-electron chi connectivity index (χ3n) is 5.58. The van der Waals surface area contributed by atoms with Gasteiger partial charge in [-0.2, -0.15) is 5.26 Å². The van der Waals surface area contributed by atoms with Gasteiger partial charge in [-0.3, -0.25) is 14.2 Å². The Hall–Kier alpha value is -4.55. The molecule has 0 fully saturated rings. The number of aromatic nitrogens is 2. The number of aliphatic hydroxyl groups excluding tert-OH is 1. The topological polar surface area (TPSA) is 117 Å². The molecule has 2 N–H and O–H groups in total. The van der Waals surface area contributed by atoms with E-state index in [-0.39, 0.29) is 23.0 Å². The number of fused-ring (bicyclic) bond motifs is 1. The number of nitrogens with one attached hydrogen (secondary N) is 1. The average molecular weight is 513 g/mol. The number of rotatable bonds is 8. The van der Waals surface area contributed by atoms with Gasteiger partial charge in [0, 0.05) is 6.54 Å². The number of carbonyl (C=O) groups excluding carboxylic acids is 1. The minimum Gasteiger partial charge on any atom is -0.510 e. The number of hydrogen-bond acceptors (Lipinski definition) is 7. The van der Waals surface area contributed by atoms with E-state index in [1.807, 2.05) is 49.4 Å². The van der Waals surface area contributed by atoms with Crippen LogP contribution < -0.4 is 15.6 Å². The van der Waals surface area contributed by atoms with Crippen LogP contribution in [0.5, 0.6) is 5.75 Å². The van der Waals surface area contributed by atoms with Crippen LogP contribution in [0, 0.1) is 18.3 Å². The van der Waals surface area contributed by atoms with Crippen LogP contribution in [-0.4, -0.2) is 33.4 Å². The molecular weight excluding hydrogens is 488 g/mol. The first-order valence-electron chi connectivity index (χ1n) is 11.4. The molecule has 0 spiro atoms. The monoisotopic (exact) mass is 512 g/mol. The molecule has 0 radical (unpaired) electrons. The van der Waals surface area contributed by atoms with Gasteiger partial charge in [-0.05, 0) is 42.3 Å². The maximum Gasteiger partial charge on any atom is 0.266 e. The van der Waals surface area contributed by atoms with Crippen molar-refractivity contribution in [3.8, 4) is 17.5 Å². The number of carbonyl (C=O) groups is 1. The van der Waals surface area contributed by atoms with Gasteiger partial charge in [0.2, 0.25) is 0 Å². The van der Waals surface area contributed by atoms with Crippen molar-refractivity contribution < 1.29 is 14.6 Å². The molecule has 1 amide bonds. The van der Waals surface area contributed by atoms with Gasteiger partial charge in [0.25, 0.3) is 11.5 Å². The molecule has 4 rings (SSSR count). The third kappa shape index (κ3) is 5.66. The summed E-state index contributed by atoms with van der Waals surface area (Å²) in [6.07, 6.45) is 0. The normalized spacial score (nSPS) is 11.5. The number of nitrogens with zero attached hydrogens (tertiary/aromatic N) is 3. The lowest BCUT2D eigenvalue weighted by Crippen LogP contribution is -2.25. The molecule has 0 saturated heterocycles. The number of thioether (sulfide) groups is 1. The fraction of sp³-hybridized carbons (Fsp3) is 0.143. The van der Waals surface area contributed by atoms with Gasteiger partial charge in [0.05, 0.1) is 29.5 Å². The molecule has 0 aliphatic heterocycles. The number of ether oxygens (including phenoxy) is 1. The fourth-order valence-electron chi connectivity index (χ4n) is 3.71. The number of para-hydroxylation sites is 1. The van der Waals surface area contributed by atoms with E-state index in [1.54, 1.807) is 36.4 Å². The van der Waals surface area contributed by atoms with E-state index in [2.05, 4.69) is 10.3 Å². The summed E-state index contributed by atoms with van der Waals surface area (Å²) in [5.74, 6) is -0.776. The summed E-state index contributed by atoms with van der Waals surface area (Å²) >= 11 is 1.04. The van der Waals surface area contributed by atoms with E-state index in [0.717, 1.165) is 22.9 Å². The molecule has 9 heteroatoms. The summed E-state index contributed by atoms with van der Waals surface area (Å²) in [5, 5.41) is 23.6. The van der Waals surface area contributed by atoms with Gasteiger partial charge in [-0.15, -0.1) is 0 Å². The quantitative estimate of drug-likeness (QED) is 0.118. The number of methoxy groups -OCH3 is 1. The minimum atomic E-state index is -0.686. The van der Waals surface area contributed by atoms with Crippen LogP contribution in [0.15, 0.2) is 94.1 Å². The van der Waals surface area contributed by atoms with Crippen LogP contribution in [0.1, 0.15) is 11.1 Å². The van der Waals surface area contributed by atoms with Crippen molar-refractivity contribution in [2.24, 2.45) is 0 Å². The van der Waals surface area contributed by atoms with Gasteiger partial charge in [-0.25, -0.2) is 4.98 Å². The molecule has 0 aliphatic carbocycles. The lowest BCUT2D eigenvalue weighted by Gasteiger charge is -2.16. The number of nitriles is 1. The average Bonchev–Trinajstić information content (AvgIpc) is 2.92. The Morgan fingerprint density at radius 3 is 2.59 bits per heavy atom. The molecule has 0 aliphatic rings. The molecule has 37 heavy (non-hydrogen) atoms. The molecular formula is C28H24N4O4S. The van der Waals surface area contributed by atoms with Gasteiger partial charge in [0.1, 0.15) is 17.6 Å². The summed E-state index contributed by atoms with van der Waals surface area (Å²) < 4.78 is 6.93. The number of amides is 1. The molecule has 1 aromatic heterocycles. The summed E-state index contributed by atoms with van der Waals surface area (Å²) in [7, 11) is 1.52. The molecule has 1 heterocycles. The molecule has 8 nitrogen and oxygen atoms in total. The van der Waals surface area contributed by atoms with E-state index >= 15 is 0 Å². The predicted molar refractivity (Wildman–Crippen MR) is 143 cm³/mol. The number of aliphatic hydroxyl groups is 1. The maximum atomic E-state index is 13.6. The summed E-state index contributed by atoms with van der Waals surface area (Å²) in [6, 6.07) is 23.4. The standard InChI is InChI=1S/C28H24N4O4S/c1-18-12-13-25(36-2)23(14-18)32-27(35)20-10-6-7-11-22(20)31-28(32)37-17-24(33)21(15-29)26(34)30-16-19-8-4-3-5-9-19/h3-14,33H,16-17H2,1-2H3,(H,30,34)/b24-21-. The van der Waals surface area contributed by atoms with E-state index in [1.165, 1.54) is 11.7 Å². The van der Waals surface area contributed by atoms with Crippen LogP contribution in [0.2, 0.25) is 0 Å². The molecule has 3 aromatic carbocycles. The highest BCUT2D eigenvalue weighted by molar-refractivity contribution is 7.99. The van der Waals surface area contributed by atoms with Crippen LogP contribution in [0.25, 0.3) is 16.6 Å². The first-order valence-corrected chi connectivity index (χ1v) is 12.4. The zero-order chi connectivity index (χ0) is 26.4. The van der Waals surface area contributed by atoms with Crippen LogP contribution in [0.3, 0.4) is 0 Å². The van der Waals surface area contributed by atoms with Crippen molar-refractivity contribution in [2.75, 3.05) is 12.9 Å². The van der Waals surface area contributed by atoms with E-state index in [0.29, 0.717) is 22.3 Å². The second kappa shape index (κ2) is 11.5. The van der Waals surface area contributed by atoms with Crippen molar-refractivity contribution in [3.63, 3.8) is 0 Å². The van der Waals surface area contributed by atoms with Crippen molar-refractivity contribution in [1.29, 1.82) is 5.26 Å². The first-order chi connectivity index (χ1) is 17.9. The van der Waals surface area contributed by atoms with E-state index in [9.17, 15) is 20.0 Å². The Labute approximate surface area is 217 Å². The van der Waals surface area contributed by atoms with E-state index in [4.69, 9.17) is 4.74 Å². The molecule has 0 saturated carbocycles. The van der Waals surface area contributed by atoms with Crippen LogP contribution in [0.4, 0.5) is 0 Å². The highest BCUT2D eigenvalue weighted by atomic mass is 32.2. The van der Waals surface area contributed by atoms with Crippen molar-refractivity contribution in [1.82, 2.24) is 14.9 Å². The van der Waals surface area contributed by atoms with Crippen molar-refractivity contribution in [2.45, 2.75) is 18.6 Å². The summed E-state index contributed by atoms with van der Waals surface area (Å²) in [4.78, 5) is 30.8. The molecule has 4 aromatic rings. The SMILES string of the molecule is COc1ccc(C)cc1-n1c(SC/C(O)=C(\C#N)C(=O)NCc2ccccc2)nc2ccccc2c1=O. The Morgan fingerprint density at radius 2 is 1.86 bits per heavy atom. The number of hydrogen-bond donors (Lipinski definition) is 2. The van der Waals surface area contributed by atoms with E-state index < -0.39 is 17.2 Å².